The van der Waals surface area contributed by atoms with E-state index >= 15 is 0 Å². The van der Waals surface area contributed by atoms with Crippen LogP contribution in [0.15, 0.2) is 28.7 Å². The molecule has 0 aliphatic heterocycles. The van der Waals surface area contributed by atoms with E-state index in [2.05, 4.69) is 15.9 Å². The zero-order valence-corrected chi connectivity index (χ0v) is 10.4. The second-order valence-corrected chi connectivity index (χ2v) is 5.15. The minimum atomic E-state index is -0.367. The Morgan fingerprint density at radius 2 is 2.12 bits per heavy atom. The molecule has 1 aromatic heterocycles. The molecule has 0 unspecified atom stereocenters. The zero-order valence-electron chi connectivity index (χ0n) is 8.04. The highest BCUT2D eigenvalue weighted by molar-refractivity contribution is 9.10. The molecule has 1 heterocycles. The van der Waals surface area contributed by atoms with Crippen molar-refractivity contribution in [2.45, 2.75) is 0 Å². The van der Waals surface area contributed by atoms with Gasteiger partial charge in [0.15, 0.2) is 6.29 Å². The maximum atomic E-state index is 13.8. The van der Waals surface area contributed by atoms with Crippen molar-refractivity contribution in [3.63, 3.8) is 0 Å². The average molecular weight is 300 g/mol. The minimum Gasteiger partial charge on any atom is -0.399 e. The van der Waals surface area contributed by atoms with Gasteiger partial charge in [-0.3, -0.25) is 4.79 Å². The van der Waals surface area contributed by atoms with Crippen molar-refractivity contribution in [3.8, 4) is 10.4 Å². The summed E-state index contributed by atoms with van der Waals surface area (Å²) in [7, 11) is 0. The summed E-state index contributed by atoms with van der Waals surface area (Å²) in [5.74, 6) is -0.367. The van der Waals surface area contributed by atoms with Crippen LogP contribution in [0.3, 0.4) is 0 Å². The van der Waals surface area contributed by atoms with Crippen molar-refractivity contribution in [1.29, 1.82) is 0 Å². The van der Waals surface area contributed by atoms with E-state index < -0.39 is 0 Å². The maximum Gasteiger partial charge on any atom is 0.160 e. The number of carbonyl (C=O) groups is 1. The number of benzene rings is 1. The van der Waals surface area contributed by atoms with Gasteiger partial charge in [0.1, 0.15) is 5.82 Å². The van der Waals surface area contributed by atoms with Crippen molar-refractivity contribution >= 4 is 39.2 Å². The van der Waals surface area contributed by atoms with Gasteiger partial charge in [0.25, 0.3) is 0 Å². The predicted octanol–water partition coefficient (Wildman–Crippen LogP) is 3.71. The Morgan fingerprint density at radius 1 is 1.38 bits per heavy atom. The van der Waals surface area contributed by atoms with E-state index in [9.17, 15) is 9.18 Å². The van der Waals surface area contributed by atoms with Gasteiger partial charge in [-0.15, -0.1) is 11.3 Å². The van der Waals surface area contributed by atoms with Gasteiger partial charge < -0.3 is 5.73 Å². The molecule has 2 aromatic rings. The van der Waals surface area contributed by atoms with Crippen LogP contribution in [0.5, 0.6) is 0 Å². The highest BCUT2D eigenvalue weighted by Gasteiger charge is 2.12. The Labute approximate surface area is 104 Å². The highest BCUT2D eigenvalue weighted by Crippen LogP contribution is 2.34. The molecule has 82 valence electrons. The molecular formula is C11H7BrFNOS. The van der Waals surface area contributed by atoms with Crippen LogP contribution in [0.4, 0.5) is 10.1 Å². The molecule has 1 aromatic carbocycles. The lowest BCUT2D eigenvalue weighted by atomic mass is 10.1. The molecule has 0 radical (unpaired) electrons. The topological polar surface area (TPSA) is 43.1 Å². The number of rotatable bonds is 2. The predicted molar refractivity (Wildman–Crippen MR) is 67.2 cm³/mol. The van der Waals surface area contributed by atoms with E-state index in [1.165, 1.54) is 17.4 Å². The molecule has 0 bridgehead atoms. The summed E-state index contributed by atoms with van der Waals surface area (Å²) >= 11 is 4.33. The SMILES string of the molecule is Nc1cc(Br)c(F)c(-c2ccc(C=O)s2)c1. The first-order chi connectivity index (χ1) is 7.61. The van der Waals surface area contributed by atoms with E-state index in [1.54, 1.807) is 18.2 Å². The standard InChI is InChI=1S/C11H7BrFNOS/c12-9-4-6(14)3-8(11(9)13)10-2-1-7(5-15)16-10/h1-5H,14H2. The van der Waals surface area contributed by atoms with E-state index in [-0.39, 0.29) is 5.82 Å². The largest absolute Gasteiger partial charge is 0.399 e. The molecule has 0 aliphatic rings. The lowest BCUT2D eigenvalue weighted by molar-refractivity contribution is 0.112. The summed E-state index contributed by atoms with van der Waals surface area (Å²) in [6, 6.07) is 6.43. The molecule has 0 saturated heterocycles. The van der Waals surface area contributed by atoms with Crippen LogP contribution in [0.1, 0.15) is 9.67 Å². The quantitative estimate of drug-likeness (QED) is 0.678. The van der Waals surface area contributed by atoms with Gasteiger partial charge in [-0.05, 0) is 40.2 Å². The Morgan fingerprint density at radius 3 is 2.75 bits per heavy atom. The monoisotopic (exact) mass is 299 g/mol. The van der Waals surface area contributed by atoms with Gasteiger partial charge in [-0.2, -0.15) is 0 Å². The Kier molecular flexibility index (Phi) is 3.07. The third-order valence-corrected chi connectivity index (χ3v) is 3.68. The molecule has 2 N–H and O–H groups in total. The van der Waals surface area contributed by atoms with Gasteiger partial charge >= 0.3 is 0 Å². The molecule has 0 fully saturated rings. The molecule has 2 nitrogen and oxygen atoms in total. The van der Waals surface area contributed by atoms with Gasteiger partial charge in [-0.25, -0.2) is 4.39 Å². The number of hydrogen-bond donors (Lipinski definition) is 1. The van der Waals surface area contributed by atoms with Crippen molar-refractivity contribution in [1.82, 2.24) is 0 Å². The van der Waals surface area contributed by atoms with Gasteiger partial charge in [-0.1, -0.05) is 0 Å². The summed E-state index contributed by atoms with van der Waals surface area (Å²) in [4.78, 5) is 11.8. The average Bonchev–Trinajstić information content (AvgIpc) is 2.71. The van der Waals surface area contributed by atoms with E-state index in [0.29, 0.717) is 25.5 Å². The highest BCUT2D eigenvalue weighted by atomic mass is 79.9. The van der Waals surface area contributed by atoms with Gasteiger partial charge in [0.2, 0.25) is 0 Å². The number of halogens is 2. The summed E-state index contributed by atoms with van der Waals surface area (Å²) < 4.78 is 14.1. The molecule has 16 heavy (non-hydrogen) atoms. The second kappa shape index (κ2) is 4.35. The minimum absolute atomic E-state index is 0.323. The molecule has 0 saturated carbocycles. The van der Waals surface area contributed by atoms with Crippen LogP contribution in [-0.2, 0) is 0 Å². The Balaban J connectivity index is 2.58. The van der Waals surface area contributed by atoms with Gasteiger partial charge in [0, 0.05) is 16.1 Å². The van der Waals surface area contributed by atoms with Crippen LogP contribution in [0.25, 0.3) is 10.4 Å². The van der Waals surface area contributed by atoms with Crippen LogP contribution < -0.4 is 5.73 Å². The number of thiophene rings is 1. The van der Waals surface area contributed by atoms with E-state index in [1.807, 2.05) is 0 Å². The molecule has 0 amide bonds. The number of anilines is 1. The van der Waals surface area contributed by atoms with Crippen LogP contribution in [-0.4, -0.2) is 6.29 Å². The lowest BCUT2D eigenvalue weighted by Crippen LogP contribution is -1.90. The molecular weight excluding hydrogens is 293 g/mol. The fraction of sp³-hybridized carbons (Fsp3) is 0. The van der Waals surface area contributed by atoms with Crippen LogP contribution in [0, 0.1) is 5.82 Å². The number of aldehydes is 1. The third kappa shape index (κ3) is 2.01. The summed E-state index contributed by atoms with van der Waals surface area (Å²) in [5.41, 5.74) is 6.53. The Bertz CT molecular complexity index is 553. The maximum absolute atomic E-state index is 13.8. The summed E-state index contributed by atoms with van der Waals surface area (Å²) in [6.45, 7) is 0. The van der Waals surface area contributed by atoms with Crippen LogP contribution >= 0.6 is 27.3 Å². The van der Waals surface area contributed by atoms with Crippen molar-refractivity contribution in [2.24, 2.45) is 0 Å². The number of hydrogen-bond acceptors (Lipinski definition) is 3. The van der Waals surface area contributed by atoms with Gasteiger partial charge in [0.05, 0.1) is 9.35 Å². The van der Waals surface area contributed by atoms with E-state index in [0.717, 1.165) is 6.29 Å². The zero-order chi connectivity index (χ0) is 11.7. The smallest absolute Gasteiger partial charge is 0.160 e. The van der Waals surface area contributed by atoms with E-state index in [4.69, 9.17) is 5.73 Å². The molecule has 0 atom stereocenters. The number of nitrogens with two attached hydrogens (primary N) is 1. The molecule has 0 aliphatic carbocycles. The summed E-state index contributed by atoms with van der Waals surface area (Å²) in [6.07, 6.45) is 0.743. The number of carbonyl (C=O) groups excluding carboxylic acids is 1. The molecule has 2 rings (SSSR count). The molecule has 0 spiro atoms. The van der Waals surface area contributed by atoms with Crippen molar-refractivity contribution in [2.75, 3.05) is 5.73 Å². The van der Waals surface area contributed by atoms with Crippen molar-refractivity contribution < 1.29 is 9.18 Å². The second-order valence-electron chi connectivity index (χ2n) is 3.18. The fourth-order valence-corrected chi connectivity index (χ4v) is 2.66. The first kappa shape index (κ1) is 11.3. The molecule has 5 heteroatoms. The van der Waals surface area contributed by atoms with Crippen molar-refractivity contribution in [3.05, 3.63) is 39.4 Å². The van der Waals surface area contributed by atoms with Crippen LogP contribution in [0.2, 0.25) is 0 Å². The normalized spacial score (nSPS) is 10.4. The Hall–Kier alpha value is -1.20. The first-order valence-corrected chi connectivity index (χ1v) is 6.02. The lowest BCUT2D eigenvalue weighted by Gasteiger charge is -2.04. The first-order valence-electron chi connectivity index (χ1n) is 4.41. The number of nitrogen functional groups attached to an aromatic ring is 1. The third-order valence-electron chi connectivity index (χ3n) is 2.06. The fourth-order valence-electron chi connectivity index (χ4n) is 1.35. The summed E-state index contributed by atoms with van der Waals surface area (Å²) in [5, 5.41) is 0.